The Morgan fingerprint density at radius 2 is 1.93 bits per heavy atom. The highest BCUT2D eigenvalue weighted by Gasteiger charge is 2.35. The molecule has 2 aliphatic rings. The van der Waals surface area contributed by atoms with Crippen molar-refractivity contribution >= 4 is 57.0 Å². The second kappa shape index (κ2) is 11.4. The molecule has 6 rings (SSSR count). The lowest BCUT2D eigenvalue weighted by molar-refractivity contribution is -0.128. The van der Waals surface area contributed by atoms with E-state index in [4.69, 9.17) is 16.6 Å². The van der Waals surface area contributed by atoms with E-state index in [9.17, 15) is 9.59 Å². The number of H-pyrrole nitrogens is 1. The van der Waals surface area contributed by atoms with Crippen LogP contribution in [0.4, 0.5) is 16.2 Å². The smallest absolute Gasteiger partial charge is 0.246 e. The van der Waals surface area contributed by atoms with Gasteiger partial charge in [0.15, 0.2) is 5.82 Å². The van der Waals surface area contributed by atoms with Gasteiger partial charge in [0.05, 0.1) is 17.1 Å². The van der Waals surface area contributed by atoms with Crippen molar-refractivity contribution in [1.82, 2.24) is 30.0 Å². The summed E-state index contributed by atoms with van der Waals surface area (Å²) >= 11 is 6.99. The van der Waals surface area contributed by atoms with Gasteiger partial charge in [-0.1, -0.05) is 24.2 Å². The van der Waals surface area contributed by atoms with Crippen LogP contribution in [0.25, 0.3) is 32.9 Å². The number of aromatic nitrogens is 4. The number of anilines is 2. The van der Waals surface area contributed by atoms with Gasteiger partial charge in [-0.3, -0.25) is 20.0 Å². The Kier molecular flexibility index (Phi) is 7.79. The fourth-order valence-corrected chi connectivity index (χ4v) is 6.50. The number of halogens is 2. The van der Waals surface area contributed by atoms with Crippen molar-refractivity contribution in [3.8, 4) is 11.1 Å². The summed E-state index contributed by atoms with van der Waals surface area (Å²) in [5.74, 6) is -0.297. The molecule has 2 aromatic heterocycles. The third kappa shape index (κ3) is 5.28. The van der Waals surface area contributed by atoms with Gasteiger partial charge in [-0.05, 0) is 71.5 Å². The van der Waals surface area contributed by atoms with Crippen LogP contribution in [0.2, 0.25) is 5.02 Å². The van der Waals surface area contributed by atoms with Gasteiger partial charge >= 0.3 is 0 Å². The highest BCUT2D eigenvalue weighted by Crippen LogP contribution is 2.48. The molecule has 2 N–H and O–H groups in total. The summed E-state index contributed by atoms with van der Waals surface area (Å²) in [7, 11) is 3.56. The summed E-state index contributed by atoms with van der Waals surface area (Å²) < 4.78 is 17.0. The predicted octanol–water partition coefficient (Wildman–Crippen LogP) is 5.26. The van der Waals surface area contributed by atoms with E-state index >= 15 is 4.39 Å². The summed E-state index contributed by atoms with van der Waals surface area (Å²) in [5, 5.41) is 12.0. The lowest BCUT2D eigenvalue weighted by Gasteiger charge is -2.44. The van der Waals surface area contributed by atoms with Crippen molar-refractivity contribution in [1.29, 1.82) is 0 Å². The number of hydrogen-bond donors (Lipinski definition) is 2. The van der Waals surface area contributed by atoms with Crippen molar-refractivity contribution in [2.45, 2.75) is 51.6 Å². The van der Waals surface area contributed by atoms with E-state index in [2.05, 4.69) is 27.1 Å². The van der Waals surface area contributed by atoms with Crippen LogP contribution in [0.15, 0.2) is 30.9 Å². The van der Waals surface area contributed by atoms with Crippen LogP contribution < -0.4 is 10.2 Å². The van der Waals surface area contributed by atoms with Gasteiger partial charge in [0, 0.05) is 58.7 Å². The second-order valence-electron chi connectivity index (χ2n) is 12.2. The zero-order chi connectivity index (χ0) is 31.4. The Morgan fingerprint density at radius 3 is 2.61 bits per heavy atom. The van der Waals surface area contributed by atoms with Crippen LogP contribution in [0, 0.1) is 12.7 Å². The number of aromatic amines is 1. The minimum atomic E-state index is -0.598. The standard InChI is InChI=1S/C32H36ClFN8O2/c1-7-24(44)41-13-18(4)42(14-17(41)3)31-20-12-21(33)26(28(34)30(20)36-32(37-31)35-23(43)15-40(5)6)25-16(2)8-11-22-27(25)29(39-38-22)19-9-10-19/h7-8,11-12,17-19H,1,9-10,13-15H2,2-6H3,(H,38,39)(H,35,36,37,43)/t17-,18+/m1/s1. The summed E-state index contributed by atoms with van der Waals surface area (Å²) in [6, 6.07) is 5.21. The summed E-state index contributed by atoms with van der Waals surface area (Å²) in [5.41, 5.74) is 3.57. The number of nitrogens with one attached hydrogen (secondary N) is 2. The molecular weight excluding hydrogens is 583 g/mol. The molecule has 1 saturated carbocycles. The van der Waals surface area contributed by atoms with Crippen LogP contribution in [0.3, 0.4) is 0 Å². The molecule has 1 saturated heterocycles. The van der Waals surface area contributed by atoms with Gasteiger partial charge in [-0.15, -0.1) is 0 Å². The molecule has 10 nitrogen and oxygen atoms in total. The first kappa shape index (κ1) is 30.0. The maximum Gasteiger partial charge on any atom is 0.246 e. The molecule has 2 aromatic carbocycles. The maximum atomic E-state index is 17.0. The number of hydrogen-bond acceptors (Lipinski definition) is 7. The van der Waals surface area contributed by atoms with Crippen molar-refractivity contribution in [2.24, 2.45) is 0 Å². The van der Waals surface area contributed by atoms with Crippen molar-refractivity contribution < 1.29 is 14.0 Å². The number of nitrogens with zero attached hydrogens (tertiary/aromatic N) is 6. The lowest BCUT2D eigenvalue weighted by Crippen LogP contribution is -2.58. The van der Waals surface area contributed by atoms with Crippen LogP contribution in [0.1, 0.15) is 43.9 Å². The molecule has 0 bridgehead atoms. The van der Waals surface area contributed by atoms with Crippen LogP contribution in [-0.2, 0) is 9.59 Å². The van der Waals surface area contributed by atoms with Crippen molar-refractivity contribution in [3.63, 3.8) is 0 Å². The van der Waals surface area contributed by atoms with Crippen LogP contribution >= 0.6 is 11.6 Å². The summed E-state index contributed by atoms with van der Waals surface area (Å²) in [6.45, 7) is 10.4. The molecule has 2 amide bonds. The molecule has 2 atom stereocenters. The molecule has 44 heavy (non-hydrogen) atoms. The number of aryl methyl sites for hydroxylation is 1. The van der Waals surface area contributed by atoms with Crippen LogP contribution in [-0.4, -0.2) is 87.6 Å². The fraction of sp³-hybridized carbons (Fsp3) is 0.406. The lowest BCUT2D eigenvalue weighted by atomic mass is 9.93. The number of fused-ring (bicyclic) bond motifs is 2. The highest BCUT2D eigenvalue weighted by molar-refractivity contribution is 6.35. The Hall–Kier alpha value is -4.09. The molecule has 3 heterocycles. The van der Waals surface area contributed by atoms with E-state index in [0.717, 1.165) is 35.0 Å². The van der Waals surface area contributed by atoms with Gasteiger partial charge in [0.25, 0.3) is 0 Å². The Bertz CT molecular complexity index is 1820. The monoisotopic (exact) mass is 618 g/mol. The Morgan fingerprint density at radius 1 is 1.18 bits per heavy atom. The highest BCUT2D eigenvalue weighted by atomic mass is 35.5. The maximum absolute atomic E-state index is 17.0. The molecule has 4 aromatic rings. The van der Waals surface area contributed by atoms with Gasteiger partial charge in [-0.2, -0.15) is 10.1 Å². The SMILES string of the molecule is C=CC(=O)N1C[C@H](C)N(c2nc(NC(=O)CN(C)C)nc3c(F)c(-c4c(C)ccc5n[nH]c(C6CC6)c45)c(Cl)cc23)C[C@H]1C. The number of carbonyl (C=O) groups is 2. The van der Waals surface area contributed by atoms with Crippen molar-refractivity contribution in [2.75, 3.05) is 43.9 Å². The average molecular weight is 619 g/mol. The second-order valence-corrected chi connectivity index (χ2v) is 12.6. The topological polar surface area (TPSA) is 110 Å². The predicted molar refractivity (Wildman–Crippen MR) is 172 cm³/mol. The zero-order valence-corrected chi connectivity index (χ0v) is 26.3. The summed E-state index contributed by atoms with van der Waals surface area (Å²) in [6.07, 6.45) is 3.41. The van der Waals surface area contributed by atoms with Gasteiger partial charge in [-0.25, -0.2) is 9.37 Å². The number of benzene rings is 2. The normalized spacial score (nSPS) is 18.8. The van der Waals surface area contributed by atoms with E-state index in [1.807, 2.05) is 37.8 Å². The van der Waals surface area contributed by atoms with Crippen LogP contribution in [0.5, 0.6) is 0 Å². The number of carbonyl (C=O) groups excluding carboxylic acids is 2. The van der Waals surface area contributed by atoms with E-state index in [1.54, 1.807) is 30.0 Å². The quantitative estimate of drug-likeness (QED) is 0.272. The molecule has 1 aliphatic heterocycles. The first-order valence-corrected chi connectivity index (χ1v) is 15.2. The first-order valence-electron chi connectivity index (χ1n) is 14.8. The number of piperazine rings is 1. The fourth-order valence-electron chi connectivity index (χ4n) is 6.21. The average Bonchev–Trinajstić information content (AvgIpc) is 3.72. The Labute approximate surface area is 260 Å². The molecule has 0 radical (unpaired) electrons. The molecule has 1 aliphatic carbocycles. The molecule has 0 spiro atoms. The Balaban J connectivity index is 1.56. The molecular formula is C32H36ClFN8O2. The van der Waals surface area contributed by atoms with E-state index in [-0.39, 0.29) is 52.5 Å². The summed E-state index contributed by atoms with van der Waals surface area (Å²) in [4.78, 5) is 40.1. The third-order valence-electron chi connectivity index (χ3n) is 8.48. The third-order valence-corrected chi connectivity index (χ3v) is 8.78. The van der Waals surface area contributed by atoms with Gasteiger partial charge in [0.1, 0.15) is 11.3 Å². The van der Waals surface area contributed by atoms with Crippen molar-refractivity contribution in [3.05, 3.63) is 53.0 Å². The number of likely N-dealkylation sites (N-methyl/N-ethyl adjacent to an activating group) is 1. The minimum absolute atomic E-state index is 0.00659. The van der Waals surface area contributed by atoms with E-state index in [1.165, 1.54) is 6.08 Å². The largest absolute Gasteiger partial charge is 0.349 e. The molecule has 2 fully saturated rings. The molecule has 12 heteroatoms. The first-order chi connectivity index (χ1) is 21.0. The minimum Gasteiger partial charge on any atom is -0.349 e. The van der Waals surface area contributed by atoms with Gasteiger partial charge in [0.2, 0.25) is 17.8 Å². The number of rotatable bonds is 7. The zero-order valence-electron chi connectivity index (χ0n) is 25.5. The number of amides is 2. The van der Waals surface area contributed by atoms with E-state index < -0.39 is 5.82 Å². The molecule has 230 valence electrons. The van der Waals surface area contributed by atoms with Gasteiger partial charge < -0.3 is 14.7 Å². The van der Waals surface area contributed by atoms with E-state index in [0.29, 0.717) is 35.8 Å². The molecule has 0 unspecified atom stereocenters.